The molecular weight excluding hydrogens is 266 g/mol. The number of benzene rings is 1. The average Bonchev–Trinajstić information content (AvgIpc) is 2.94. The predicted molar refractivity (Wildman–Crippen MR) is 82.2 cm³/mol. The van der Waals surface area contributed by atoms with Crippen LogP contribution in [-0.2, 0) is 0 Å². The van der Waals surface area contributed by atoms with E-state index in [2.05, 4.69) is 27.0 Å². The summed E-state index contributed by atoms with van der Waals surface area (Å²) in [5, 5.41) is 17.1. The molecule has 1 aliphatic heterocycles. The van der Waals surface area contributed by atoms with Gasteiger partial charge in [0.1, 0.15) is 5.75 Å². The van der Waals surface area contributed by atoms with Gasteiger partial charge in [0.15, 0.2) is 5.82 Å². The van der Waals surface area contributed by atoms with E-state index in [-0.39, 0.29) is 17.8 Å². The number of aromatic nitrogens is 3. The molecule has 1 saturated heterocycles. The van der Waals surface area contributed by atoms with Crippen LogP contribution in [0.2, 0.25) is 0 Å². The third kappa shape index (κ3) is 2.58. The maximum absolute atomic E-state index is 9.80. The number of nitrogens with two attached hydrogens (primary N) is 1. The second kappa shape index (κ2) is 5.37. The maximum Gasteiger partial charge on any atom is 0.245 e. The Labute approximate surface area is 124 Å². The molecule has 1 fully saturated rings. The summed E-state index contributed by atoms with van der Waals surface area (Å²) in [4.78, 5) is 6.69. The lowest BCUT2D eigenvalue weighted by molar-refractivity contribution is 0.416. The number of nitrogens with zero attached hydrogens (tertiary/aromatic N) is 3. The molecule has 21 heavy (non-hydrogen) atoms. The van der Waals surface area contributed by atoms with Crippen LogP contribution in [0.5, 0.6) is 5.75 Å². The largest absolute Gasteiger partial charge is 0.508 e. The van der Waals surface area contributed by atoms with Crippen molar-refractivity contribution < 1.29 is 5.11 Å². The Hall–Kier alpha value is -2.08. The van der Waals surface area contributed by atoms with E-state index in [1.807, 2.05) is 19.1 Å². The number of aromatic amines is 1. The summed E-state index contributed by atoms with van der Waals surface area (Å²) < 4.78 is 0. The fourth-order valence-corrected chi connectivity index (χ4v) is 2.72. The number of aromatic hydroxyl groups is 1. The standard InChI is InChI=1S/C15H21N5O/c1-9-5-6-11(8-13(9)21)14-17-15(19-18-14)20-7-3-4-12(16)10(20)2/h5-6,8,10,12,21H,3-4,7,16H2,1-2H3,(H,17,18,19). The molecule has 2 heterocycles. The lowest BCUT2D eigenvalue weighted by atomic mass is 9.99. The quantitative estimate of drug-likeness (QED) is 0.783. The van der Waals surface area contributed by atoms with Crippen molar-refractivity contribution in [1.29, 1.82) is 0 Å². The third-order valence-corrected chi connectivity index (χ3v) is 4.26. The highest BCUT2D eigenvalue weighted by Gasteiger charge is 2.27. The Kier molecular flexibility index (Phi) is 3.55. The normalized spacial score (nSPS) is 22.5. The summed E-state index contributed by atoms with van der Waals surface area (Å²) in [6, 6.07) is 5.88. The molecule has 1 aromatic carbocycles. The van der Waals surface area contributed by atoms with Crippen LogP contribution >= 0.6 is 0 Å². The summed E-state index contributed by atoms with van der Waals surface area (Å²) in [6.45, 7) is 4.89. The number of aryl methyl sites for hydroxylation is 1. The molecule has 0 aliphatic carbocycles. The number of hydrogen-bond donors (Lipinski definition) is 3. The van der Waals surface area contributed by atoms with Gasteiger partial charge in [-0.25, -0.2) is 0 Å². The topological polar surface area (TPSA) is 91.1 Å². The van der Waals surface area contributed by atoms with Crippen LogP contribution in [0.4, 0.5) is 5.95 Å². The van der Waals surface area contributed by atoms with Gasteiger partial charge in [-0.05, 0) is 38.3 Å². The molecule has 6 heteroatoms. The Morgan fingerprint density at radius 1 is 1.43 bits per heavy atom. The van der Waals surface area contributed by atoms with Crippen molar-refractivity contribution in [2.45, 2.75) is 38.8 Å². The summed E-state index contributed by atoms with van der Waals surface area (Å²) in [5.41, 5.74) is 7.79. The van der Waals surface area contributed by atoms with E-state index in [0.717, 1.165) is 30.5 Å². The Bertz CT molecular complexity index is 639. The van der Waals surface area contributed by atoms with Crippen LogP contribution in [0.1, 0.15) is 25.3 Å². The van der Waals surface area contributed by atoms with Gasteiger partial charge in [0.2, 0.25) is 5.95 Å². The summed E-state index contributed by atoms with van der Waals surface area (Å²) in [7, 11) is 0. The van der Waals surface area contributed by atoms with Gasteiger partial charge in [0.05, 0.1) is 0 Å². The first-order valence-electron chi connectivity index (χ1n) is 7.31. The minimum absolute atomic E-state index is 0.157. The van der Waals surface area contributed by atoms with E-state index < -0.39 is 0 Å². The molecule has 4 N–H and O–H groups in total. The number of phenolic OH excluding ortho intramolecular Hbond substituents is 1. The molecule has 3 rings (SSSR count). The number of phenols is 1. The highest BCUT2D eigenvalue weighted by molar-refractivity contribution is 5.60. The fourth-order valence-electron chi connectivity index (χ4n) is 2.72. The molecule has 2 atom stereocenters. The summed E-state index contributed by atoms with van der Waals surface area (Å²) >= 11 is 0. The molecule has 1 aromatic heterocycles. The van der Waals surface area contributed by atoms with Crippen molar-refractivity contribution in [3.8, 4) is 17.1 Å². The first-order valence-corrected chi connectivity index (χ1v) is 7.31. The van der Waals surface area contributed by atoms with Gasteiger partial charge in [-0.15, -0.1) is 5.10 Å². The highest BCUT2D eigenvalue weighted by atomic mass is 16.3. The SMILES string of the molecule is Cc1ccc(-c2nc(N3CCCC(N)C3C)n[nH]2)cc1O. The first-order chi connectivity index (χ1) is 10.1. The van der Waals surface area contributed by atoms with Crippen molar-refractivity contribution >= 4 is 5.95 Å². The molecule has 0 amide bonds. The van der Waals surface area contributed by atoms with Gasteiger partial charge < -0.3 is 15.7 Å². The number of nitrogens with one attached hydrogen (secondary N) is 1. The van der Waals surface area contributed by atoms with Crippen LogP contribution in [0, 0.1) is 6.92 Å². The zero-order chi connectivity index (χ0) is 15.0. The molecule has 2 unspecified atom stereocenters. The van der Waals surface area contributed by atoms with Gasteiger partial charge in [-0.3, -0.25) is 5.10 Å². The Balaban J connectivity index is 1.87. The molecular formula is C15H21N5O. The number of rotatable bonds is 2. The van der Waals surface area contributed by atoms with E-state index in [1.54, 1.807) is 6.07 Å². The van der Waals surface area contributed by atoms with E-state index in [1.165, 1.54) is 0 Å². The molecule has 0 saturated carbocycles. The second-order valence-corrected chi connectivity index (χ2v) is 5.73. The van der Waals surface area contributed by atoms with Gasteiger partial charge in [0, 0.05) is 24.2 Å². The molecule has 0 radical (unpaired) electrons. The highest BCUT2D eigenvalue weighted by Crippen LogP contribution is 2.26. The molecule has 0 bridgehead atoms. The Morgan fingerprint density at radius 2 is 2.24 bits per heavy atom. The van der Waals surface area contributed by atoms with E-state index >= 15 is 0 Å². The summed E-state index contributed by atoms with van der Waals surface area (Å²) in [6.07, 6.45) is 2.10. The summed E-state index contributed by atoms with van der Waals surface area (Å²) in [5.74, 6) is 1.60. The van der Waals surface area contributed by atoms with Gasteiger partial charge in [0.25, 0.3) is 0 Å². The lowest BCUT2D eigenvalue weighted by Gasteiger charge is -2.36. The predicted octanol–water partition coefficient (Wildman–Crippen LogP) is 1.80. The number of hydrogen-bond acceptors (Lipinski definition) is 5. The lowest BCUT2D eigenvalue weighted by Crippen LogP contribution is -2.50. The van der Waals surface area contributed by atoms with Crippen LogP contribution < -0.4 is 10.6 Å². The third-order valence-electron chi connectivity index (χ3n) is 4.26. The fraction of sp³-hybridized carbons (Fsp3) is 0.467. The van der Waals surface area contributed by atoms with E-state index in [0.29, 0.717) is 11.8 Å². The average molecular weight is 287 g/mol. The smallest absolute Gasteiger partial charge is 0.245 e. The van der Waals surface area contributed by atoms with Crippen molar-refractivity contribution in [3.63, 3.8) is 0 Å². The van der Waals surface area contributed by atoms with Crippen LogP contribution in [0.15, 0.2) is 18.2 Å². The number of H-pyrrole nitrogens is 1. The zero-order valence-corrected chi connectivity index (χ0v) is 12.4. The molecule has 6 nitrogen and oxygen atoms in total. The second-order valence-electron chi connectivity index (χ2n) is 5.73. The maximum atomic E-state index is 9.80. The van der Waals surface area contributed by atoms with Gasteiger partial charge >= 0.3 is 0 Å². The van der Waals surface area contributed by atoms with Gasteiger partial charge in [-0.1, -0.05) is 12.1 Å². The molecule has 1 aliphatic rings. The minimum atomic E-state index is 0.157. The first kappa shape index (κ1) is 13.9. The van der Waals surface area contributed by atoms with Crippen molar-refractivity contribution in [2.75, 3.05) is 11.4 Å². The van der Waals surface area contributed by atoms with E-state index in [9.17, 15) is 5.11 Å². The zero-order valence-electron chi connectivity index (χ0n) is 12.4. The monoisotopic (exact) mass is 287 g/mol. The molecule has 0 spiro atoms. The van der Waals surface area contributed by atoms with Crippen molar-refractivity contribution in [1.82, 2.24) is 15.2 Å². The van der Waals surface area contributed by atoms with Crippen LogP contribution in [0.3, 0.4) is 0 Å². The number of piperidine rings is 1. The van der Waals surface area contributed by atoms with E-state index in [4.69, 9.17) is 5.73 Å². The number of anilines is 1. The van der Waals surface area contributed by atoms with Crippen LogP contribution in [0.25, 0.3) is 11.4 Å². The Morgan fingerprint density at radius 3 is 3.00 bits per heavy atom. The minimum Gasteiger partial charge on any atom is -0.508 e. The van der Waals surface area contributed by atoms with Gasteiger partial charge in [-0.2, -0.15) is 4.98 Å². The van der Waals surface area contributed by atoms with Crippen molar-refractivity contribution in [3.05, 3.63) is 23.8 Å². The van der Waals surface area contributed by atoms with Crippen molar-refractivity contribution in [2.24, 2.45) is 5.73 Å². The van der Waals surface area contributed by atoms with Crippen LogP contribution in [-0.4, -0.2) is 38.9 Å². The molecule has 2 aromatic rings. The molecule has 112 valence electrons.